The summed E-state index contributed by atoms with van der Waals surface area (Å²) in [5, 5.41) is 10.5. The first kappa shape index (κ1) is 19.7. The highest BCUT2D eigenvalue weighted by atomic mass is 16.5. The summed E-state index contributed by atoms with van der Waals surface area (Å²) in [5.41, 5.74) is 2.65. The van der Waals surface area contributed by atoms with Gasteiger partial charge in [-0.25, -0.2) is 4.79 Å². The van der Waals surface area contributed by atoms with Crippen LogP contribution in [0.3, 0.4) is 0 Å². The Morgan fingerprint density at radius 2 is 2.04 bits per heavy atom. The molecule has 0 aromatic rings. The minimum absolute atomic E-state index is 0.181. The van der Waals surface area contributed by atoms with Crippen molar-refractivity contribution in [2.75, 3.05) is 0 Å². The number of carbonyl (C=O) groups excluding carboxylic acids is 1. The van der Waals surface area contributed by atoms with Crippen LogP contribution in [-0.2, 0) is 9.53 Å². The second-order valence-corrected chi connectivity index (χ2v) is 7.35. The van der Waals surface area contributed by atoms with Crippen LogP contribution in [0.25, 0.3) is 0 Å². The van der Waals surface area contributed by atoms with E-state index in [1.807, 2.05) is 19.9 Å². The lowest BCUT2D eigenvalue weighted by molar-refractivity contribution is -0.142. The van der Waals surface area contributed by atoms with Crippen molar-refractivity contribution in [2.45, 2.75) is 79.4 Å². The number of aliphatic hydroxyl groups excluding tert-OH is 1. The van der Waals surface area contributed by atoms with E-state index in [1.54, 1.807) is 13.0 Å². The molecule has 2 unspecified atom stereocenters. The van der Waals surface area contributed by atoms with Crippen LogP contribution in [-0.4, -0.2) is 23.3 Å². The maximum absolute atomic E-state index is 12.1. The van der Waals surface area contributed by atoms with Gasteiger partial charge in [-0.15, -0.1) is 0 Å². The Hall–Kier alpha value is -1.35. The Morgan fingerprint density at radius 1 is 1.39 bits per heavy atom. The molecule has 23 heavy (non-hydrogen) atoms. The number of ether oxygens (including phenoxy) is 1. The molecule has 0 spiro atoms. The Kier molecular flexibility index (Phi) is 7.27. The Balaban J connectivity index is 3.07. The molecule has 0 amide bonds. The van der Waals surface area contributed by atoms with E-state index in [4.69, 9.17) is 4.74 Å². The summed E-state index contributed by atoms with van der Waals surface area (Å²) < 4.78 is 5.66. The largest absolute Gasteiger partial charge is 0.454 e. The van der Waals surface area contributed by atoms with Crippen molar-refractivity contribution in [3.8, 4) is 0 Å². The van der Waals surface area contributed by atoms with Crippen LogP contribution >= 0.6 is 0 Å². The minimum Gasteiger partial charge on any atom is -0.454 e. The molecule has 0 bridgehead atoms. The first-order valence-corrected chi connectivity index (χ1v) is 8.53. The third kappa shape index (κ3) is 5.98. The predicted octanol–water partition coefficient (Wildman–Crippen LogP) is 4.72. The van der Waals surface area contributed by atoms with Gasteiger partial charge in [-0.3, -0.25) is 0 Å². The fourth-order valence-corrected chi connectivity index (χ4v) is 2.63. The molecule has 2 atom stereocenters. The monoisotopic (exact) mass is 320 g/mol. The Morgan fingerprint density at radius 3 is 2.65 bits per heavy atom. The summed E-state index contributed by atoms with van der Waals surface area (Å²) in [4.78, 5) is 12.1. The molecule has 0 radical (unpaired) electrons. The molecule has 3 heteroatoms. The summed E-state index contributed by atoms with van der Waals surface area (Å²) >= 11 is 0. The van der Waals surface area contributed by atoms with Gasteiger partial charge in [-0.1, -0.05) is 37.6 Å². The van der Waals surface area contributed by atoms with E-state index in [0.29, 0.717) is 12.0 Å². The van der Waals surface area contributed by atoms with Crippen molar-refractivity contribution >= 4 is 5.97 Å². The van der Waals surface area contributed by atoms with Gasteiger partial charge in [0.25, 0.3) is 0 Å². The lowest BCUT2D eigenvalue weighted by atomic mass is 9.80. The molecule has 0 saturated heterocycles. The Bertz CT molecular complexity index is 509. The minimum atomic E-state index is -0.537. The van der Waals surface area contributed by atoms with E-state index >= 15 is 0 Å². The van der Waals surface area contributed by atoms with Crippen LogP contribution in [0, 0.1) is 5.41 Å². The highest BCUT2D eigenvalue weighted by molar-refractivity contribution is 5.87. The fourth-order valence-electron chi connectivity index (χ4n) is 2.63. The summed E-state index contributed by atoms with van der Waals surface area (Å²) in [6.07, 6.45) is 8.61. The average molecular weight is 320 g/mol. The van der Waals surface area contributed by atoms with Crippen LogP contribution < -0.4 is 0 Å². The first-order valence-electron chi connectivity index (χ1n) is 8.53. The fraction of sp³-hybridized carbons (Fsp3) is 0.650. The van der Waals surface area contributed by atoms with Gasteiger partial charge in [0.05, 0.1) is 6.10 Å². The number of esters is 1. The number of rotatable bonds is 2. The maximum Gasteiger partial charge on any atom is 0.333 e. The van der Waals surface area contributed by atoms with Crippen LogP contribution in [0.4, 0.5) is 0 Å². The number of allylic oxidation sites excluding steroid dienone is 2. The lowest BCUT2D eigenvalue weighted by Gasteiger charge is -2.29. The molecular formula is C20H32O3. The van der Waals surface area contributed by atoms with E-state index in [0.717, 1.165) is 24.8 Å². The zero-order valence-corrected chi connectivity index (χ0v) is 15.5. The molecule has 1 aliphatic rings. The molecule has 0 aromatic heterocycles. The van der Waals surface area contributed by atoms with Crippen molar-refractivity contribution < 1.29 is 14.6 Å². The molecule has 3 nitrogen and oxygen atoms in total. The standard InChI is InChI=1S/C20H32O3/c1-7-15(3)19(22)23-17-11-10-14(2)9-8-12-20(5,6)18(21)13-16(17)4/h7,10,13,17-18,21H,8-9,11-12H2,1-6H3/b14-10+,15-7+,16-13+. The van der Waals surface area contributed by atoms with Crippen molar-refractivity contribution in [3.63, 3.8) is 0 Å². The molecule has 0 heterocycles. The predicted molar refractivity (Wildman–Crippen MR) is 95.1 cm³/mol. The van der Waals surface area contributed by atoms with Gasteiger partial charge in [-0.05, 0) is 57.9 Å². The van der Waals surface area contributed by atoms with Gasteiger partial charge in [0, 0.05) is 12.0 Å². The molecule has 1 rings (SSSR count). The van der Waals surface area contributed by atoms with Gasteiger partial charge in [0.2, 0.25) is 0 Å². The lowest BCUT2D eigenvalue weighted by Crippen LogP contribution is -2.29. The zero-order chi connectivity index (χ0) is 17.6. The van der Waals surface area contributed by atoms with E-state index in [9.17, 15) is 9.90 Å². The molecule has 0 aromatic carbocycles. The maximum atomic E-state index is 12.1. The smallest absolute Gasteiger partial charge is 0.333 e. The van der Waals surface area contributed by atoms with Crippen LogP contribution in [0.1, 0.15) is 67.2 Å². The molecule has 1 N–H and O–H groups in total. The van der Waals surface area contributed by atoms with Gasteiger partial charge in [0.15, 0.2) is 0 Å². The molecule has 1 aliphatic carbocycles. The SMILES string of the molecule is C/C=C(\C)C(=O)OC1C/C=C(\C)CCCC(C)(C)C(O)/C=C/1C. The van der Waals surface area contributed by atoms with Gasteiger partial charge >= 0.3 is 5.97 Å². The number of carbonyl (C=O) groups is 1. The van der Waals surface area contributed by atoms with Crippen molar-refractivity contribution in [1.29, 1.82) is 0 Å². The third-order valence-electron chi connectivity index (χ3n) is 4.81. The topological polar surface area (TPSA) is 46.5 Å². The summed E-state index contributed by atoms with van der Waals surface area (Å²) in [6.45, 7) is 11.8. The van der Waals surface area contributed by atoms with Crippen LogP contribution in [0.15, 0.2) is 34.9 Å². The molecule has 0 fully saturated rings. The van der Waals surface area contributed by atoms with E-state index < -0.39 is 6.10 Å². The molecular weight excluding hydrogens is 288 g/mol. The van der Waals surface area contributed by atoms with Gasteiger partial charge < -0.3 is 9.84 Å². The van der Waals surface area contributed by atoms with E-state index in [1.165, 1.54) is 5.57 Å². The number of aliphatic hydroxyl groups is 1. The van der Waals surface area contributed by atoms with Crippen LogP contribution in [0.2, 0.25) is 0 Å². The second kappa shape index (κ2) is 8.49. The summed E-state index contributed by atoms with van der Waals surface area (Å²) in [6, 6.07) is 0. The van der Waals surface area contributed by atoms with E-state index in [2.05, 4.69) is 26.8 Å². The highest BCUT2D eigenvalue weighted by Crippen LogP contribution is 2.31. The quantitative estimate of drug-likeness (QED) is 0.455. The second-order valence-electron chi connectivity index (χ2n) is 7.35. The molecule has 130 valence electrons. The van der Waals surface area contributed by atoms with Crippen molar-refractivity contribution in [3.05, 3.63) is 34.9 Å². The number of hydrogen-bond donors (Lipinski definition) is 1. The Labute approximate surface area is 141 Å². The van der Waals surface area contributed by atoms with Gasteiger partial charge in [0.1, 0.15) is 6.10 Å². The summed E-state index contributed by atoms with van der Waals surface area (Å²) in [7, 11) is 0. The van der Waals surface area contributed by atoms with Crippen molar-refractivity contribution in [2.24, 2.45) is 5.41 Å². The third-order valence-corrected chi connectivity index (χ3v) is 4.81. The van der Waals surface area contributed by atoms with E-state index in [-0.39, 0.29) is 17.5 Å². The first-order chi connectivity index (χ1) is 10.7. The molecule has 0 aliphatic heterocycles. The normalized spacial score (nSPS) is 31.2. The highest BCUT2D eigenvalue weighted by Gasteiger charge is 2.27. The average Bonchev–Trinajstić information content (AvgIpc) is 2.50. The zero-order valence-electron chi connectivity index (χ0n) is 15.5. The van der Waals surface area contributed by atoms with Gasteiger partial charge in [-0.2, -0.15) is 0 Å². The van der Waals surface area contributed by atoms with Crippen molar-refractivity contribution in [1.82, 2.24) is 0 Å². The number of hydrogen-bond acceptors (Lipinski definition) is 3. The van der Waals surface area contributed by atoms with Crippen LogP contribution in [0.5, 0.6) is 0 Å². The summed E-state index contributed by atoms with van der Waals surface area (Å²) in [5.74, 6) is -0.292. The molecule has 0 saturated carbocycles.